The lowest BCUT2D eigenvalue weighted by Gasteiger charge is -2.33. The van der Waals surface area contributed by atoms with Crippen LogP contribution in [-0.4, -0.2) is 49.1 Å². The van der Waals surface area contributed by atoms with Gasteiger partial charge in [-0.3, -0.25) is 9.89 Å². The standard InChI is InChI=1S/C23H24N4O4/c1-29-18-7-4-15(5-8-18)19-12-22(26-25-19)27-10-2-3-17(13-27)24-23(28)16-6-9-20-21(11-16)31-14-30-20/h4-9,11-12,17H,2-3,10,13-14H2,1H3,(H,24,28)(H,25,26)/t17-/m1/s1. The lowest BCUT2D eigenvalue weighted by atomic mass is 10.0. The van der Waals surface area contributed by atoms with Crippen LogP contribution in [0.1, 0.15) is 23.2 Å². The molecule has 1 fully saturated rings. The van der Waals surface area contributed by atoms with Crippen LogP contribution in [0.3, 0.4) is 0 Å². The highest BCUT2D eigenvalue weighted by Gasteiger charge is 2.24. The van der Waals surface area contributed by atoms with Crippen molar-refractivity contribution >= 4 is 11.7 Å². The third kappa shape index (κ3) is 4.01. The number of amides is 1. The number of fused-ring (bicyclic) bond motifs is 1. The van der Waals surface area contributed by atoms with Crippen LogP contribution in [0.4, 0.5) is 5.82 Å². The minimum atomic E-state index is -0.105. The van der Waals surface area contributed by atoms with Crippen molar-refractivity contribution in [1.29, 1.82) is 0 Å². The number of aromatic amines is 1. The highest BCUT2D eigenvalue weighted by atomic mass is 16.7. The average Bonchev–Trinajstić information content (AvgIpc) is 3.49. The number of anilines is 1. The molecule has 3 aromatic rings. The van der Waals surface area contributed by atoms with E-state index in [0.29, 0.717) is 23.6 Å². The van der Waals surface area contributed by atoms with Gasteiger partial charge in [-0.1, -0.05) is 0 Å². The van der Waals surface area contributed by atoms with Crippen LogP contribution < -0.4 is 24.4 Å². The molecule has 5 rings (SSSR count). The van der Waals surface area contributed by atoms with Gasteiger partial charge in [0.2, 0.25) is 6.79 Å². The molecule has 0 aliphatic carbocycles. The van der Waals surface area contributed by atoms with E-state index in [9.17, 15) is 4.79 Å². The number of piperidine rings is 1. The van der Waals surface area contributed by atoms with E-state index in [0.717, 1.165) is 42.2 Å². The van der Waals surface area contributed by atoms with Gasteiger partial charge in [-0.2, -0.15) is 5.10 Å². The number of hydrogen-bond donors (Lipinski definition) is 2. The number of nitrogens with zero attached hydrogens (tertiary/aromatic N) is 2. The maximum absolute atomic E-state index is 12.7. The Morgan fingerprint density at radius 2 is 2.00 bits per heavy atom. The monoisotopic (exact) mass is 420 g/mol. The first kappa shape index (κ1) is 19.3. The molecule has 0 bridgehead atoms. The molecule has 1 amide bonds. The van der Waals surface area contributed by atoms with Crippen molar-refractivity contribution in [3.05, 3.63) is 54.1 Å². The largest absolute Gasteiger partial charge is 0.497 e. The summed E-state index contributed by atoms with van der Waals surface area (Å²) in [6.07, 6.45) is 1.92. The fourth-order valence-corrected chi connectivity index (χ4v) is 4.00. The van der Waals surface area contributed by atoms with E-state index in [-0.39, 0.29) is 18.7 Å². The number of benzene rings is 2. The van der Waals surface area contributed by atoms with Gasteiger partial charge >= 0.3 is 0 Å². The summed E-state index contributed by atoms with van der Waals surface area (Å²) in [6, 6.07) is 15.2. The molecule has 2 aliphatic rings. The van der Waals surface area contributed by atoms with E-state index < -0.39 is 0 Å². The van der Waals surface area contributed by atoms with E-state index in [1.54, 1.807) is 25.3 Å². The number of carbonyl (C=O) groups excluding carboxylic acids is 1. The second kappa shape index (κ2) is 8.22. The Balaban J connectivity index is 1.24. The normalized spacial score (nSPS) is 17.5. The van der Waals surface area contributed by atoms with Crippen molar-refractivity contribution < 1.29 is 19.0 Å². The number of aromatic nitrogens is 2. The summed E-state index contributed by atoms with van der Waals surface area (Å²) in [7, 11) is 1.65. The molecule has 3 heterocycles. The van der Waals surface area contributed by atoms with Gasteiger partial charge in [0.25, 0.3) is 5.91 Å². The molecule has 8 heteroatoms. The maximum Gasteiger partial charge on any atom is 0.251 e. The predicted octanol–water partition coefficient (Wildman–Crippen LogP) is 3.21. The Hall–Kier alpha value is -3.68. The second-order valence-corrected chi connectivity index (χ2v) is 7.69. The van der Waals surface area contributed by atoms with Crippen molar-refractivity contribution in [3.8, 4) is 28.5 Å². The third-order valence-electron chi connectivity index (χ3n) is 5.68. The van der Waals surface area contributed by atoms with Gasteiger partial charge in [-0.15, -0.1) is 0 Å². The number of nitrogens with one attached hydrogen (secondary N) is 2. The number of rotatable bonds is 5. The van der Waals surface area contributed by atoms with Crippen LogP contribution in [0.15, 0.2) is 48.5 Å². The molecule has 1 atom stereocenters. The van der Waals surface area contributed by atoms with Crippen LogP contribution in [0.25, 0.3) is 11.3 Å². The SMILES string of the molecule is COc1ccc(-c2cc(N3CCC[C@@H](NC(=O)c4ccc5c(c4)OCO5)C3)n[nH]2)cc1. The van der Waals surface area contributed by atoms with Gasteiger partial charge in [0.1, 0.15) is 5.75 Å². The topological polar surface area (TPSA) is 88.7 Å². The van der Waals surface area contributed by atoms with Crippen molar-refractivity contribution in [1.82, 2.24) is 15.5 Å². The minimum absolute atomic E-state index is 0.0489. The zero-order valence-corrected chi connectivity index (χ0v) is 17.3. The summed E-state index contributed by atoms with van der Waals surface area (Å²) >= 11 is 0. The second-order valence-electron chi connectivity index (χ2n) is 7.69. The Bertz CT molecular complexity index is 1080. The molecule has 2 aliphatic heterocycles. The smallest absolute Gasteiger partial charge is 0.251 e. The van der Waals surface area contributed by atoms with Gasteiger partial charge in [-0.25, -0.2) is 0 Å². The van der Waals surface area contributed by atoms with Gasteiger partial charge in [0.05, 0.1) is 12.8 Å². The van der Waals surface area contributed by atoms with E-state index >= 15 is 0 Å². The molecule has 2 aromatic carbocycles. The van der Waals surface area contributed by atoms with E-state index in [1.165, 1.54) is 0 Å². The lowest BCUT2D eigenvalue weighted by Crippen LogP contribution is -2.48. The summed E-state index contributed by atoms with van der Waals surface area (Å²) in [5.41, 5.74) is 2.57. The zero-order chi connectivity index (χ0) is 21.2. The lowest BCUT2D eigenvalue weighted by molar-refractivity contribution is 0.0932. The summed E-state index contributed by atoms with van der Waals surface area (Å²) < 4.78 is 15.9. The average molecular weight is 420 g/mol. The van der Waals surface area contributed by atoms with Gasteiger partial charge in [0.15, 0.2) is 17.3 Å². The van der Waals surface area contributed by atoms with Crippen LogP contribution in [0.5, 0.6) is 17.2 Å². The molecule has 1 aromatic heterocycles. The molecule has 31 heavy (non-hydrogen) atoms. The highest BCUT2D eigenvalue weighted by molar-refractivity contribution is 5.95. The number of ether oxygens (including phenoxy) is 3. The molecule has 2 N–H and O–H groups in total. The molecule has 1 saturated heterocycles. The minimum Gasteiger partial charge on any atom is -0.497 e. The first-order chi connectivity index (χ1) is 15.2. The first-order valence-electron chi connectivity index (χ1n) is 10.3. The van der Waals surface area contributed by atoms with Crippen molar-refractivity contribution in [2.45, 2.75) is 18.9 Å². The molecule has 0 radical (unpaired) electrons. The third-order valence-corrected chi connectivity index (χ3v) is 5.68. The molecular formula is C23H24N4O4. The highest BCUT2D eigenvalue weighted by Crippen LogP contribution is 2.32. The number of hydrogen-bond acceptors (Lipinski definition) is 6. The predicted molar refractivity (Wildman–Crippen MR) is 116 cm³/mol. The van der Waals surface area contributed by atoms with Crippen LogP contribution >= 0.6 is 0 Å². The fourth-order valence-electron chi connectivity index (χ4n) is 4.00. The Labute approximate surface area is 180 Å². The van der Waals surface area contributed by atoms with Crippen LogP contribution in [0.2, 0.25) is 0 Å². The van der Waals surface area contributed by atoms with E-state index in [4.69, 9.17) is 14.2 Å². The van der Waals surface area contributed by atoms with Crippen LogP contribution in [-0.2, 0) is 0 Å². The summed E-state index contributed by atoms with van der Waals surface area (Å²) in [5, 5.41) is 10.8. The summed E-state index contributed by atoms with van der Waals surface area (Å²) in [6.45, 7) is 1.81. The fraction of sp³-hybridized carbons (Fsp3) is 0.304. The van der Waals surface area contributed by atoms with E-state index in [2.05, 4.69) is 20.4 Å². The molecule has 160 valence electrons. The zero-order valence-electron chi connectivity index (χ0n) is 17.3. The van der Waals surface area contributed by atoms with Crippen molar-refractivity contribution in [2.75, 3.05) is 31.9 Å². The van der Waals surface area contributed by atoms with Gasteiger partial charge in [0, 0.05) is 30.8 Å². The maximum atomic E-state index is 12.7. The summed E-state index contributed by atoms with van der Waals surface area (Å²) in [4.78, 5) is 14.9. The number of H-pyrrole nitrogens is 1. The molecule has 0 spiro atoms. The Morgan fingerprint density at radius 3 is 2.84 bits per heavy atom. The first-order valence-corrected chi connectivity index (χ1v) is 10.3. The Morgan fingerprint density at radius 1 is 1.16 bits per heavy atom. The van der Waals surface area contributed by atoms with Crippen molar-refractivity contribution in [3.63, 3.8) is 0 Å². The number of carbonyl (C=O) groups is 1. The molecule has 0 saturated carbocycles. The molecule has 8 nitrogen and oxygen atoms in total. The number of methoxy groups -OCH3 is 1. The van der Waals surface area contributed by atoms with E-state index in [1.807, 2.05) is 30.3 Å². The van der Waals surface area contributed by atoms with Gasteiger partial charge < -0.3 is 24.4 Å². The summed E-state index contributed by atoms with van der Waals surface area (Å²) in [5.74, 6) is 2.88. The molecule has 0 unspecified atom stereocenters. The van der Waals surface area contributed by atoms with Gasteiger partial charge in [-0.05, 0) is 60.9 Å². The van der Waals surface area contributed by atoms with Crippen molar-refractivity contribution in [2.24, 2.45) is 0 Å². The Kier molecular flexibility index (Phi) is 5.11. The molecular weight excluding hydrogens is 396 g/mol. The van der Waals surface area contributed by atoms with Crippen LogP contribution in [0, 0.1) is 0 Å². The quantitative estimate of drug-likeness (QED) is 0.659.